The number of esters is 1. The zero-order chi connectivity index (χ0) is 13.9. The van der Waals surface area contributed by atoms with Crippen molar-refractivity contribution in [2.24, 2.45) is 11.7 Å². The molecule has 0 amide bonds. The summed E-state index contributed by atoms with van der Waals surface area (Å²) in [5.74, 6) is -0.139. The third-order valence-corrected chi connectivity index (χ3v) is 4.42. The molecule has 2 rings (SSSR count). The fourth-order valence-corrected chi connectivity index (χ4v) is 2.76. The standard InChI is InChI=1S/C15H20ClNO2/c1-11-6-4-5-9-15(11,17)14(18)19-10-12-7-2-3-8-13(12)16/h2-3,7-8,11H,4-6,9-10,17H2,1H3. The molecule has 0 spiro atoms. The van der Waals surface area contributed by atoms with Crippen LogP contribution >= 0.6 is 11.6 Å². The molecule has 19 heavy (non-hydrogen) atoms. The van der Waals surface area contributed by atoms with Gasteiger partial charge in [0.2, 0.25) is 0 Å². The summed E-state index contributed by atoms with van der Waals surface area (Å²) in [5.41, 5.74) is 6.22. The van der Waals surface area contributed by atoms with Crippen LogP contribution in [-0.4, -0.2) is 11.5 Å². The van der Waals surface area contributed by atoms with Gasteiger partial charge in [0.25, 0.3) is 0 Å². The summed E-state index contributed by atoms with van der Waals surface area (Å²) in [4.78, 5) is 12.2. The molecule has 4 heteroatoms. The topological polar surface area (TPSA) is 52.3 Å². The van der Waals surface area contributed by atoms with Crippen molar-refractivity contribution in [3.8, 4) is 0 Å². The van der Waals surface area contributed by atoms with Crippen LogP contribution < -0.4 is 5.73 Å². The van der Waals surface area contributed by atoms with Crippen molar-refractivity contribution >= 4 is 17.6 Å². The first-order valence-corrected chi connectivity index (χ1v) is 7.11. The molecule has 1 aliphatic rings. The first-order valence-electron chi connectivity index (χ1n) is 6.73. The van der Waals surface area contributed by atoms with E-state index in [0.717, 1.165) is 24.8 Å². The number of nitrogens with two attached hydrogens (primary N) is 1. The highest BCUT2D eigenvalue weighted by Gasteiger charge is 2.42. The van der Waals surface area contributed by atoms with Gasteiger partial charge in [0.1, 0.15) is 12.1 Å². The largest absolute Gasteiger partial charge is 0.459 e. The lowest BCUT2D eigenvalue weighted by Gasteiger charge is -2.36. The second-order valence-corrected chi connectivity index (χ2v) is 5.76. The minimum absolute atomic E-state index is 0.167. The Morgan fingerprint density at radius 1 is 1.47 bits per heavy atom. The van der Waals surface area contributed by atoms with E-state index in [1.807, 2.05) is 25.1 Å². The molecule has 2 unspecified atom stereocenters. The van der Waals surface area contributed by atoms with Crippen molar-refractivity contribution in [2.75, 3.05) is 0 Å². The summed E-state index contributed by atoms with van der Waals surface area (Å²) in [6.45, 7) is 2.21. The van der Waals surface area contributed by atoms with Crippen LogP contribution in [0.4, 0.5) is 0 Å². The molecule has 0 bridgehead atoms. The maximum atomic E-state index is 12.2. The van der Waals surface area contributed by atoms with Crippen molar-refractivity contribution < 1.29 is 9.53 Å². The van der Waals surface area contributed by atoms with E-state index in [1.54, 1.807) is 6.07 Å². The van der Waals surface area contributed by atoms with Gasteiger partial charge in [0.05, 0.1) is 0 Å². The van der Waals surface area contributed by atoms with Gasteiger partial charge in [-0.1, -0.05) is 49.6 Å². The molecular formula is C15H20ClNO2. The number of carbonyl (C=O) groups excluding carboxylic acids is 1. The minimum Gasteiger partial charge on any atom is -0.459 e. The average Bonchev–Trinajstić information content (AvgIpc) is 2.41. The summed E-state index contributed by atoms with van der Waals surface area (Å²) in [5, 5.41) is 0.609. The maximum absolute atomic E-state index is 12.2. The van der Waals surface area contributed by atoms with Crippen LogP contribution in [0.15, 0.2) is 24.3 Å². The SMILES string of the molecule is CC1CCCCC1(N)C(=O)OCc1ccccc1Cl. The fraction of sp³-hybridized carbons (Fsp3) is 0.533. The molecule has 0 heterocycles. The van der Waals surface area contributed by atoms with E-state index in [1.165, 1.54) is 0 Å². The van der Waals surface area contributed by atoms with E-state index in [9.17, 15) is 4.79 Å². The third-order valence-electron chi connectivity index (χ3n) is 4.05. The second kappa shape index (κ2) is 5.93. The molecule has 1 aromatic carbocycles. The molecule has 0 radical (unpaired) electrons. The minimum atomic E-state index is -0.834. The van der Waals surface area contributed by atoms with Gasteiger partial charge in [0.15, 0.2) is 0 Å². The van der Waals surface area contributed by atoms with Gasteiger partial charge >= 0.3 is 5.97 Å². The Balaban J connectivity index is 1.99. The van der Waals surface area contributed by atoms with E-state index in [4.69, 9.17) is 22.1 Å². The van der Waals surface area contributed by atoms with Crippen molar-refractivity contribution in [1.29, 1.82) is 0 Å². The van der Waals surface area contributed by atoms with E-state index < -0.39 is 5.54 Å². The Hall–Kier alpha value is -1.06. The monoisotopic (exact) mass is 281 g/mol. The van der Waals surface area contributed by atoms with Gasteiger partial charge in [-0.15, -0.1) is 0 Å². The predicted molar refractivity (Wildman–Crippen MR) is 75.8 cm³/mol. The molecule has 0 aliphatic heterocycles. The van der Waals surface area contributed by atoms with Gasteiger partial charge in [-0.2, -0.15) is 0 Å². The predicted octanol–water partition coefficient (Wildman–Crippen LogP) is 3.29. The summed E-state index contributed by atoms with van der Waals surface area (Å²) in [6.07, 6.45) is 3.81. The Kier molecular flexibility index (Phi) is 4.48. The molecule has 0 saturated heterocycles. The highest BCUT2D eigenvalue weighted by atomic mass is 35.5. The van der Waals surface area contributed by atoms with Gasteiger partial charge in [-0.3, -0.25) is 4.79 Å². The molecule has 1 aromatic rings. The maximum Gasteiger partial charge on any atom is 0.326 e. The average molecular weight is 282 g/mol. The third kappa shape index (κ3) is 3.10. The van der Waals surface area contributed by atoms with E-state index in [2.05, 4.69) is 0 Å². The molecule has 3 nitrogen and oxygen atoms in total. The smallest absolute Gasteiger partial charge is 0.326 e. The molecule has 1 aliphatic carbocycles. The highest BCUT2D eigenvalue weighted by Crippen LogP contribution is 2.32. The van der Waals surface area contributed by atoms with Crippen LogP contribution in [0.1, 0.15) is 38.2 Å². The zero-order valence-corrected chi connectivity index (χ0v) is 12.0. The molecular weight excluding hydrogens is 262 g/mol. The quantitative estimate of drug-likeness (QED) is 0.865. The number of hydrogen-bond donors (Lipinski definition) is 1. The second-order valence-electron chi connectivity index (χ2n) is 5.35. The first-order chi connectivity index (χ1) is 9.04. The van der Waals surface area contributed by atoms with E-state index >= 15 is 0 Å². The van der Waals surface area contributed by atoms with Gasteiger partial charge < -0.3 is 10.5 Å². The van der Waals surface area contributed by atoms with Crippen molar-refractivity contribution in [1.82, 2.24) is 0 Å². The van der Waals surface area contributed by atoms with Crippen LogP contribution in [0.5, 0.6) is 0 Å². The zero-order valence-electron chi connectivity index (χ0n) is 11.2. The molecule has 1 fully saturated rings. The number of carbonyl (C=O) groups is 1. The lowest BCUT2D eigenvalue weighted by atomic mass is 9.74. The first kappa shape index (κ1) is 14.4. The summed E-state index contributed by atoms with van der Waals surface area (Å²) in [7, 11) is 0. The summed E-state index contributed by atoms with van der Waals surface area (Å²) >= 11 is 6.03. The van der Waals surface area contributed by atoms with E-state index in [0.29, 0.717) is 11.4 Å². The molecule has 104 valence electrons. The van der Waals surface area contributed by atoms with Crippen LogP contribution in [0.3, 0.4) is 0 Å². The van der Waals surface area contributed by atoms with Crippen molar-refractivity contribution in [3.63, 3.8) is 0 Å². The van der Waals surface area contributed by atoms with Crippen LogP contribution in [-0.2, 0) is 16.1 Å². The normalized spacial score (nSPS) is 27.0. The van der Waals surface area contributed by atoms with Crippen molar-refractivity contribution in [3.05, 3.63) is 34.9 Å². The van der Waals surface area contributed by atoms with Crippen LogP contribution in [0.25, 0.3) is 0 Å². The van der Waals surface area contributed by atoms with Crippen LogP contribution in [0.2, 0.25) is 5.02 Å². The number of benzene rings is 1. The Morgan fingerprint density at radius 3 is 2.89 bits per heavy atom. The Bertz CT molecular complexity index is 463. The number of rotatable bonds is 3. The molecule has 1 saturated carbocycles. The van der Waals surface area contributed by atoms with Gasteiger partial charge in [-0.05, 0) is 24.8 Å². The van der Waals surface area contributed by atoms with E-state index in [-0.39, 0.29) is 18.5 Å². The molecule has 0 aromatic heterocycles. The van der Waals surface area contributed by atoms with Crippen molar-refractivity contribution in [2.45, 2.75) is 44.8 Å². The van der Waals surface area contributed by atoms with Gasteiger partial charge in [-0.25, -0.2) is 0 Å². The number of ether oxygens (including phenoxy) is 1. The lowest BCUT2D eigenvalue weighted by Crippen LogP contribution is -2.55. The Morgan fingerprint density at radius 2 is 2.21 bits per heavy atom. The van der Waals surface area contributed by atoms with Crippen LogP contribution in [0, 0.1) is 5.92 Å². The highest BCUT2D eigenvalue weighted by molar-refractivity contribution is 6.31. The number of halogens is 1. The lowest BCUT2D eigenvalue weighted by molar-refractivity contribution is -0.155. The molecule has 2 atom stereocenters. The van der Waals surface area contributed by atoms with Gasteiger partial charge in [0, 0.05) is 10.6 Å². The fourth-order valence-electron chi connectivity index (χ4n) is 2.57. The summed E-state index contributed by atoms with van der Waals surface area (Å²) in [6, 6.07) is 7.35. The summed E-state index contributed by atoms with van der Waals surface area (Å²) < 4.78 is 5.37. The Labute approximate surface area is 119 Å². The number of hydrogen-bond acceptors (Lipinski definition) is 3. The molecule has 2 N–H and O–H groups in total.